The van der Waals surface area contributed by atoms with E-state index in [0.29, 0.717) is 23.8 Å². The van der Waals surface area contributed by atoms with Gasteiger partial charge in [-0.15, -0.1) is 0 Å². The fourth-order valence-electron chi connectivity index (χ4n) is 7.43. The van der Waals surface area contributed by atoms with Crippen LogP contribution in [0.25, 0.3) is 33.7 Å². The Kier molecular flexibility index (Phi) is 13.9. The van der Waals surface area contributed by atoms with E-state index < -0.39 is 24.3 Å². The Labute approximate surface area is 365 Å². The number of oxazole rings is 1. The molecule has 0 radical (unpaired) electrons. The van der Waals surface area contributed by atoms with Gasteiger partial charge in [0.25, 0.3) is 5.22 Å². The minimum atomic E-state index is -0.833. The molecule has 2 amide bonds. The van der Waals surface area contributed by atoms with Crippen LogP contribution in [0, 0.1) is 0 Å². The normalized spacial score (nSPS) is 16.6. The molecule has 10 nitrogen and oxygen atoms in total. The Hall–Kier alpha value is -6.50. The third-order valence-electron chi connectivity index (χ3n) is 10.6. The number of hydrogen-bond donors (Lipinski definition) is 3. The smallest absolute Gasteiger partial charge is 0.328 e. The molecule has 0 saturated carbocycles. The van der Waals surface area contributed by atoms with Crippen molar-refractivity contribution in [2.45, 2.75) is 55.8 Å². The van der Waals surface area contributed by atoms with Crippen molar-refractivity contribution in [1.29, 1.82) is 0 Å². The predicted octanol–water partition coefficient (Wildman–Crippen LogP) is 10.1. The minimum Gasteiger partial charge on any atom is -0.467 e. The van der Waals surface area contributed by atoms with Crippen LogP contribution in [0.2, 0.25) is 0 Å². The summed E-state index contributed by atoms with van der Waals surface area (Å²) in [4.78, 5) is 30.4. The molecule has 1 fully saturated rings. The monoisotopic (exact) mass is 845 g/mol. The maximum Gasteiger partial charge on any atom is 0.328 e. The number of esters is 1. The van der Waals surface area contributed by atoms with Crippen LogP contribution in [-0.4, -0.2) is 47.1 Å². The zero-order valence-corrected chi connectivity index (χ0v) is 35.0. The number of nitrogens with one attached hydrogen (secondary N) is 2. The highest BCUT2D eigenvalue weighted by Crippen LogP contribution is 2.41. The SMILES string of the molecule is COC(=O)[C@H](Cc1ccccc1)NC(=O)NCc1cccc(-c2cccc([C@H]3O[C@@H](CSc4nc(-c5ccccc5)c(-c5ccccc5)o4)C[C@@H](c4ccc(CO)cc4)O3)c2)c1. The molecule has 0 spiro atoms. The van der Waals surface area contributed by atoms with Crippen molar-refractivity contribution in [3.8, 4) is 33.7 Å². The van der Waals surface area contributed by atoms with E-state index >= 15 is 0 Å². The molecule has 3 N–H and O–H groups in total. The molecule has 1 aromatic heterocycles. The Morgan fingerprint density at radius 1 is 0.726 bits per heavy atom. The number of aliphatic hydroxyl groups is 1. The Balaban J connectivity index is 0.979. The first-order valence-corrected chi connectivity index (χ1v) is 21.5. The molecule has 7 aromatic rings. The molecule has 314 valence electrons. The van der Waals surface area contributed by atoms with Gasteiger partial charge in [0.1, 0.15) is 11.7 Å². The van der Waals surface area contributed by atoms with Crippen molar-refractivity contribution < 1.29 is 33.3 Å². The summed E-state index contributed by atoms with van der Waals surface area (Å²) in [6.45, 7) is 0.207. The number of aromatic nitrogens is 1. The fourth-order valence-corrected chi connectivity index (χ4v) is 8.27. The number of methoxy groups -OCH3 is 1. The molecule has 8 rings (SSSR count). The number of hydrogen-bond acceptors (Lipinski definition) is 9. The van der Waals surface area contributed by atoms with E-state index in [0.717, 1.165) is 61.5 Å². The minimum absolute atomic E-state index is 0.0369. The predicted molar refractivity (Wildman–Crippen MR) is 240 cm³/mol. The van der Waals surface area contributed by atoms with E-state index in [-0.39, 0.29) is 25.4 Å². The first-order chi connectivity index (χ1) is 30.4. The summed E-state index contributed by atoms with van der Waals surface area (Å²) in [5.74, 6) is 0.776. The molecular weight excluding hydrogens is 799 g/mol. The van der Waals surface area contributed by atoms with Crippen LogP contribution in [0.4, 0.5) is 4.79 Å². The molecule has 1 aliphatic rings. The molecule has 6 aromatic carbocycles. The van der Waals surface area contributed by atoms with Gasteiger partial charge in [-0.05, 0) is 45.5 Å². The standard InChI is InChI=1S/C51H47N3O7S/c1-58-48(56)44(28-34-13-5-2-6-14-34)53-50(57)52-31-36-15-11-20-40(27-36)41-21-12-22-42(29-41)49-59-43(30-45(60-49)37-25-23-35(32-55)24-26-37)33-62-51-54-46(38-16-7-3-8-17-38)47(61-51)39-18-9-4-10-19-39/h2-27,29,43-45,49,55H,28,30-33H2,1H3,(H2,52,53,57)/t43-,44+,45+,49+/m1/s1. The van der Waals surface area contributed by atoms with Crippen LogP contribution in [0.1, 0.15) is 46.6 Å². The number of rotatable bonds is 15. The molecule has 62 heavy (non-hydrogen) atoms. The zero-order valence-electron chi connectivity index (χ0n) is 34.2. The number of aliphatic hydroxyl groups excluding tert-OH is 1. The van der Waals surface area contributed by atoms with Crippen molar-refractivity contribution in [3.05, 3.63) is 192 Å². The van der Waals surface area contributed by atoms with Gasteiger partial charge in [-0.3, -0.25) is 0 Å². The van der Waals surface area contributed by atoms with E-state index in [1.54, 1.807) is 0 Å². The summed E-state index contributed by atoms with van der Waals surface area (Å²) in [5, 5.41) is 15.9. The van der Waals surface area contributed by atoms with Crippen molar-refractivity contribution in [2.75, 3.05) is 12.9 Å². The lowest BCUT2D eigenvalue weighted by Gasteiger charge is -2.36. The Bertz CT molecular complexity index is 2500. The van der Waals surface area contributed by atoms with Crippen LogP contribution < -0.4 is 10.6 Å². The number of benzene rings is 6. The number of amides is 2. The van der Waals surface area contributed by atoms with Gasteiger partial charge in [0, 0.05) is 41.8 Å². The van der Waals surface area contributed by atoms with Crippen molar-refractivity contribution in [3.63, 3.8) is 0 Å². The second kappa shape index (κ2) is 20.4. The van der Waals surface area contributed by atoms with E-state index in [1.807, 2.05) is 158 Å². The third kappa shape index (κ3) is 10.7. The lowest BCUT2D eigenvalue weighted by atomic mass is 9.99. The molecule has 2 heterocycles. The van der Waals surface area contributed by atoms with Gasteiger partial charge in [-0.2, -0.15) is 0 Å². The van der Waals surface area contributed by atoms with Crippen molar-refractivity contribution in [1.82, 2.24) is 15.6 Å². The number of thioether (sulfide) groups is 1. The van der Waals surface area contributed by atoms with Gasteiger partial charge in [-0.1, -0.05) is 163 Å². The van der Waals surface area contributed by atoms with Gasteiger partial charge < -0.3 is 34.4 Å². The van der Waals surface area contributed by atoms with E-state index in [1.165, 1.54) is 18.9 Å². The molecule has 0 unspecified atom stereocenters. The molecule has 0 aliphatic carbocycles. The van der Waals surface area contributed by atoms with E-state index in [4.69, 9.17) is 23.6 Å². The van der Waals surface area contributed by atoms with E-state index in [9.17, 15) is 14.7 Å². The number of nitrogens with zero attached hydrogens (tertiary/aromatic N) is 1. The van der Waals surface area contributed by atoms with Gasteiger partial charge in [-0.25, -0.2) is 14.6 Å². The second-order valence-electron chi connectivity index (χ2n) is 15.0. The van der Waals surface area contributed by atoms with Crippen LogP contribution in [0.3, 0.4) is 0 Å². The second-order valence-corrected chi connectivity index (χ2v) is 15.9. The first kappa shape index (κ1) is 42.2. The highest BCUT2D eigenvalue weighted by molar-refractivity contribution is 7.99. The molecule has 4 atom stereocenters. The van der Waals surface area contributed by atoms with Gasteiger partial charge in [0.2, 0.25) is 0 Å². The Morgan fingerprint density at radius 2 is 1.37 bits per heavy atom. The maximum absolute atomic E-state index is 13.0. The molecule has 11 heteroatoms. The summed E-state index contributed by atoms with van der Waals surface area (Å²) in [6, 6.07) is 52.1. The highest BCUT2D eigenvalue weighted by Gasteiger charge is 2.33. The number of carbonyl (C=O) groups is 2. The van der Waals surface area contributed by atoms with Crippen molar-refractivity contribution in [2.24, 2.45) is 0 Å². The number of urea groups is 1. The van der Waals surface area contributed by atoms with Gasteiger partial charge in [0.05, 0.1) is 25.9 Å². The average molecular weight is 846 g/mol. The number of ether oxygens (including phenoxy) is 3. The number of carbonyl (C=O) groups excluding carboxylic acids is 2. The van der Waals surface area contributed by atoms with Gasteiger partial charge in [0.15, 0.2) is 12.1 Å². The van der Waals surface area contributed by atoms with Gasteiger partial charge >= 0.3 is 12.0 Å². The molecule has 1 saturated heterocycles. The summed E-state index contributed by atoms with van der Waals surface area (Å²) < 4.78 is 24.8. The van der Waals surface area contributed by atoms with Crippen LogP contribution in [0.15, 0.2) is 173 Å². The molecule has 1 aliphatic heterocycles. The summed E-state index contributed by atoms with van der Waals surface area (Å²) >= 11 is 1.52. The highest BCUT2D eigenvalue weighted by atomic mass is 32.2. The van der Waals surface area contributed by atoms with Crippen LogP contribution in [0.5, 0.6) is 0 Å². The zero-order chi connectivity index (χ0) is 42.7. The largest absolute Gasteiger partial charge is 0.467 e. The lowest BCUT2D eigenvalue weighted by Crippen LogP contribution is -2.47. The quantitative estimate of drug-likeness (QED) is 0.0682. The average Bonchev–Trinajstić information content (AvgIpc) is 3.78. The molecular formula is C51H47N3O7S. The fraction of sp³-hybridized carbons (Fsp3) is 0.196. The topological polar surface area (TPSA) is 132 Å². The van der Waals surface area contributed by atoms with Crippen LogP contribution >= 0.6 is 11.8 Å². The summed E-state index contributed by atoms with van der Waals surface area (Å²) in [6.07, 6.45) is -0.247. The summed E-state index contributed by atoms with van der Waals surface area (Å²) in [5.41, 5.74) is 9.11. The maximum atomic E-state index is 13.0. The first-order valence-electron chi connectivity index (χ1n) is 20.5. The summed E-state index contributed by atoms with van der Waals surface area (Å²) in [7, 11) is 1.31. The lowest BCUT2D eigenvalue weighted by molar-refractivity contribution is -0.245. The third-order valence-corrected chi connectivity index (χ3v) is 11.6. The molecule has 0 bridgehead atoms. The van der Waals surface area contributed by atoms with E-state index in [2.05, 4.69) is 16.7 Å². The van der Waals surface area contributed by atoms with Crippen LogP contribution in [-0.2, 0) is 38.6 Å². The van der Waals surface area contributed by atoms with Crippen molar-refractivity contribution >= 4 is 23.8 Å². The Morgan fingerprint density at radius 3 is 2.08 bits per heavy atom.